The SMILES string of the molecule is C[C@@]1(CO)Cc2ccccc2[C@H]1O. The summed E-state index contributed by atoms with van der Waals surface area (Å²) < 4.78 is 0. The Labute approximate surface area is 77.8 Å². The summed E-state index contributed by atoms with van der Waals surface area (Å²) in [6.45, 7) is 1.94. The summed E-state index contributed by atoms with van der Waals surface area (Å²) in [6.07, 6.45) is 0.245. The average molecular weight is 178 g/mol. The van der Waals surface area contributed by atoms with Gasteiger partial charge in [-0.15, -0.1) is 0 Å². The Morgan fingerprint density at radius 2 is 2.15 bits per heavy atom. The first kappa shape index (κ1) is 8.73. The normalized spacial score (nSPS) is 31.8. The van der Waals surface area contributed by atoms with Gasteiger partial charge in [-0.2, -0.15) is 0 Å². The molecule has 1 aromatic rings. The largest absolute Gasteiger partial charge is 0.396 e. The molecule has 2 nitrogen and oxygen atoms in total. The molecule has 0 spiro atoms. The number of aliphatic hydroxyl groups excluding tert-OH is 2. The van der Waals surface area contributed by atoms with Crippen molar-refractivity contribution in [1.82, 2.24) is 0 Å². The van der Waals surface area contributed by atoms with Gasteiger partial charge >= 0.3 is 0 Å². The predicted octanol–water partition coefficient (Wildman–Crippen LogP) is 1.27. The molecule has 0 saturated heterocycles. The molecule has 1 aliphatic carbocycles. The third-order valence-electron chi connectivity index (χ3n) is 2.97. The van der Waals surface area contributed by atoms with Gasteiger partial charge in [-0.05, 0) is 17.5 Å². The monoisotopic (exact) mass is 178 g/mol. The first-order valence-electron chi connectivity index (χ1n) is 4.54. The summed E-state index contributed by atoms with van der Waals surface area (Å²) in [5.41, 5.74) is 1.74. The molecule has 0 saturated carbocycles. The van der Waals surface area contributed by atoms with E-state index in [4.69, 9.17) is 0 Å². The lowest BCUT2D eigenvalue weighted by Gasteiger charge is -2.25. The fourth-order valence-corrected chi connectivity index (χ4v) is 2.01. The zero-order valence-electron chi connectivity index (χ0n) is 7.70. The summed E-state index contributed by atoms with van der Waals surface area (Å²) >= 11 is 0. The minimum atomic E-state index is -0.520. The van der Waals surface area contributed by atoms with Crippen molar-refractivity contribution < 1.29 is 10.2 Å². The van der Waals surface area contributed by atoms with Gasteiger partial charge in [0, 0.05) is 5.41 Å². The zero-order valence-corrected chi connectivity index (χ0v) is 7.70. The predicted molar refractivity (Wildman–Crippen MR) is 50.3 cm³/mol. The second-order valence-electron chi connectivity index (χ2n) is 4.09. The van der Waals surface area contributed by atoms with Crippen LogP contribution in [0.1, 0.15) is 24.2 Å². The molecular formula is C11H14O2. The molecule has 0 unspecified atom stereocenters. The van der Waals surface area contributed by atoms with Gasteiger partial charge < -0.3 is 10.2 Å². The van der Waals surface area contributed by atoms with Gasteiger partial charge in [-0.1, -0.05) is 31.2 Å². The molecule has 13 heavy (non-hydrogen) atoms. The van der Waals surface area contributed by atoms with Crippen molar-refractivity contribution in [2.75, 3.05) is 6.61 Å². The first-order chi connectivity index (χ1) is 6.17. The van der Waals surface area contributed by atoms with E-state index >= 15 is 0 Å². The molecule has 0 aliphatic heterocycles. The number of rotatable bonds is 1. The van der Waals surface area contributed by atoms with Crippen LogP contribution in [0.4, 0.5) is 0 Å². The molecule has 1 aromatic carbocycles. The van der Waals surface area contributed by atoms with Crippen molar-refractivity contribution in [3.63, 3.8) is 0 Å². The van der Waals surface area contributed by atoms with Gasteiger partial charge in [-0.3, -0.25) is 0 Å². The fraction of sp³-hybridized carbons (Fsp3) is 0.455. The third kappa shape index (κ3) is 1.18. The van der Waals surface area contributed by atoms with Crippen LogP contribution in [0.25, 0.3) is 0 Å². The molecule has 2 N–H and O–H groups in total. The van der Waals surface area contributed by atoms with Gasteiger partial charge in [0.25, 0.3) is 0 Å². The van der Waals surface area contributed by atoms with Crippen molar-refractivity contribution in [3.05, 3.63) is 35.4 Å². The van der Waals surface area contributed by atoms with E-state index in [-0.39, 0.29) is 12.0 Å². The van der Waals surface area contributed by atoms with Crippen molar-refractivity contribution >= 4 is 0 Å². The molecule has 0 heterocycles. The van der Waals surface area contributed by atoms with Gasteiger partial charge in [0.05, 0.1) is 12.7 Å². The van der Waals surface area contributed by atoms with E-state index in [9.17, 15) is 10.2 Å². The zero-order chi connectivity index (χ0) is 9.47. The van der Waals surface area contributed by atoms with Crippen LogP contribution in [0.3, 0.4) is 0 Å². The maximum atomic E-state index is 9.94. The lowest BCUT2D eigenvalue weighted by molar-refractivity contribution is 0.00783. The highest BCUT2D eigenvalue weighted by Gasteiger charge is 2.40. The number of aliphatic hydroxyl groups is 2. The van der Waals surface area contributed by atoms with Crippen LogP contribution in [0.15, 0.2) is 24.3 Å². The minimum absolute atomic E-state index is 0.0306. The van der Waals surface area contributed by atoms with E-state index in [1.54, 1.807) is 0 Å². The Bertz CT molecular complexity index is 322. The minimum Gasteiger partial charge on any atom is -0.396 e. The third-order valence-corrected chi connectivity index (χ3v) is 2.97. The fourth-order valence-electron chi connectivity index (χ4n) is 2.01. The molecule has 2 heteroatoms. The molecule has 2 atom stereocenters. The van der Waals surface area contributed by atoms with E-state index in [2.05, 4.69) is 0 Å². The lowest BCUT2D eigenvalue weighted by Crippen LogP contribution is -2.26. The summed E-state index contributed by atoms with van der Waals surface area (Å²) in [4.78, 5) is 0. The maximum absolute atomic E-state index is 9.94. The molecule has 0 aromatic heterocycles. The topological polar surface area (TPSA) is 40.5 Å². The second kappa shape index (κ2) is 2.82. The molecule has 0 radical (unpaired) electrons. The van der Waals surface area contributed by atoms with Crippen molar-refractivity contribution in [3.8, 4) is 0 Å². The van der Waals surface area contributed by atoms with E-state index in [0.29, 0.717) is 0 Å². The maximum Gasteiger partial charge on any atom is 0.0871 e. The van der Waals surface area contributed by atoms with Crippen LogP contribution in [0, 0.1) is 5.41 Å². The average Bonchev–Trinajstić information content (AvgIpc) is 2.41. The quantitative estimate of drug-likeness (QED) is 0.680. The van der Waals surface area contributed by atoms with Crippen LogP contribution in [0.5, 0.6) is 0 Å². The Kier molecular flexibility index (Phi) is 1.90. The molecule has 0 fully saturated rings. The van der Waals surface area contributed by atoms with Crippen LogP contribution in [0.2, 0.25) is 0 Å². The van der Waals surface area contributed by atoms with Crippen LogP contribution < -0.4 is 0 Å². The summed E-state index contributed by atoms with van der Waals surface area (Å²) in [5, 5.41) is 19.1. The number of fused-ring (bicyclic) bond motifs is 1. The Morgan fingerprint density at radius 1 is 1.46 bits per heavy atom. The van der Waals surface area contributed by atoms with E-state index in [1.807, 2.05) is 31.2 Å². The molecule has 70 valence electrons. The van der Waals surface area contributed by atoms with Gasteiger partial charge in [0.2, 0.25) is 0 Å². The van der Waals surface area contributed by atoms with Crippen LogP contribution >= 0.6 is 0 Å². The standard InChI is InChI=1S/C11H14O2/c1-11(7-12)6-8-4-2-3-5-9(8)10(11)13/h2-5,10,12-13H,6-7H2,1H3/t10-,11+/m1/s1. The second-order valence-corrected chi connectivity index (χ2v) is 4.09. The molecule has 0 bridgehead atoms. The van der Waals surface area contributed by atoms with E-state index in [0.717, 1.165) is 17.5 Å². The first-order valence-corrected chi connectivity index (χ1v) is 4.54. The van der Waals surface area contributed by atoms with Crippen molar-refractivity contribution in [2.24, 2.45) is 5.41 Å². The van der Waals surface area contributed by atoms with Gasteiger partial charge in [-0.25, -0.2) is 0 Å². The highest BCUT2D eigenvalue weighted by atomic mass is 16.3. The summed E-state index contributed by atoms with van der Waals surface area (Å²) in [6, 6.07) is 7.83. The van der Waals surface area contributed by atoms with Crippen LogP contribution in [-0.2, 0) is 6.42 Å². The Hall–Kier alpha value is -0.860. The number of hydrogen-bond donors (Lipinski definition) is 2. The molecule has 2 rings (SSSR count). The van der Waals surface area contributed by atoms with E-state index < -0.39 is 6.10 Å². The van der Waals surface area contributed by atoms with Crippen molar-refractivity contribution in [2.45, 2.75) is 19.4 Å². The van der Waals surface area contributed by atoms with E-state index in [1.165, 1.54) is 0 Å². The highest BCUT2D eigenvalue weighted by Crippen LogP contribution is 2.44. The molecule has 1 aliphatic rings. The summed E-state index contributed by atoms with van der Waals surface area (Å²) in [7, 11) is 0. The summed E-state index contributed by atoms with van der Waals surface area (Å²) in [5.74, 6) is 0. The smallest absolute Gasteiger partial charge is 0.0871 e. The number of benzene rings is 1. The highest BCUT2D eigenvalue weighted by molar-refractivity contribution is 5.36. The van der Waals surface area contributed by atoms with Crippen LogP contribution in [-0.4, -0.2) is 16.8 Å². The van der Waals surface area contributed by atoms with Crippen molar-refractivity contribution in [1.29, 1.82) is 0 Å². The number of hydrogen-bond acceptors (Lipinski definition) is 2. The Balaban J connectivity index is 2.43. The van der Waals surface area contributed by atoms with Gasteiger partial charge in [0.1, 0.15) is 0 Å². The Morgan fingerprint density at radius 3 is 2.77 bits per heavy atom. The molecular weight excluding hydrogens is 164 g/mol. The van der Waals surface area contributed by atoms with Gasteiger partial charge in [0.15, 0.2) is 0 Å². The molecule has 0 amide bonds. The lowest BCUT2D eigenvalue weighted by atomic mass is 9.86.